The van der Waals surface area contributed by atoms with Crippen molar-refractivity contribution in [2.45, 2.75) is 45.1 Å². The molecule has 2 rings (SSSR count). The molecule has 6 nitrogen and oxygen atoms in total. The van der Waals surface area contributed by atoms with Crippen molar-refractivity contribution in [3.05, 3.63) is 0 Å². The second-order valence-corrected chi connectivity index (χ2v) is 6.48. The van der Waals surface area contributed by atoms with Gasteiger partial charge in [-0.05, 0) is 45.6 Å². The van der Waals surface area contributed by atoms with Crippen LogP contribution in [-0.4, -0.2) is 66.9 Å². The van der Waals surface area contributed by atoms with Crippen molar-refractivity contribution in [2.24, 2.45) is 11.7 Å². The van der Waals surface area contributed by atoms with Crippen molar-refractivity contribution in [1.29, 1.82) is 0 Å². The van der Waals surface area contributed by atoms with Gasteiger partial charge in [-0.15, -0.1) is 12.4 Å². The number of nitrogens with two attached hydrogens (primary N) is 1. The van der Waals surface area contributed by atoms with Gasteiger partial charge in [-0.3, -0.25) is 14.5 Å². The van der Waals surface area contributed by atoms with Gasteiger partial charge in [0.25, 0.3) is 0 Å². The lowest BCUT2D eigenvalue weighted by molar-refractivity contribution is -0.139. The van der Waals surface area contributed by atoms with E-state index in [1.807, 2.05) is 11.8 Å². The smallest absolute Gasteiger partial charge is 0.239 e. The molecule has 2 aliphatic heterocycles. The highest BCUT2D eigenvalue weighted by molar-refractivity contribution is 5.85. The van der Waals surface area contributed by atoms with Crippen molar-refractivity contribution in [2.75, 3.05) is 39.3 Å². The van der Waals surface area contributed by atoms with Gasteiger partial charge in [-0.25, -0.2) is 0 Å². The summed E-state index contributed by atoms with van der Waals surface area (Å²) in [7, 11) is 0. The molecule has 2 atom stereocenters. The SMILES string of the molecule is CC(C(=O)N1CCCCC1)N1CCCC(C(=O)NCCN)C1.Cl. The maximum Gasteiger partial charge on any atom is 0.239 e. The standard InChI is InChI=1S/C16H30N4O2.ClH/c1-13(16(22)19-9-3-2-4-10-19)20-11-5-6-14(12-20)15(21)18-8-7-17;/h13-14H,2-12,17H2,1H3,(H,18,21);1H. The minimum absolute atomic E-state index is 0. The fourth-order valence-electron chi connectivity index (χ4n) is 3.45. The van der Waals surface area contributed by atoms with Crippen molar-refractivity contribution in [3.8, 4) is 0 Å². The molecular weight excluding hydrogens is 316 g/mol. The summed E-state index contributed by atoms with van der Waals surface area (Å²) in [5.74, 6) is 0.285. The number of hydrogen-bond acceptors (Lipinski definition) is 4. The van der Waals surface area contributed by atoms with Gasteiger partial charge in [0.1, 0.15) is 0 Å². The van der Waals surface area contributed by atoms with E-state index in [1.54, 1.807) is 0 Å². The molecule has 134 valence electrons. The highest BCUT2D eigenvalue weighted by atomic mass is 35.5. The van der Waals surface area contributed by atoms with Crippen molar-refractivity contribution >= 4 is 24.2 Å². The van der Waals surface area contributed by atoms with Gasteiger partial charge in [0.05, 0.1) is 12.0 Å². The number of piperidine rings is 2. The monoisotopic (exact) mass is 346 g/mol. The third-order valence-electron chi connectivity index (χ3n) is 4.84. The van der Waals surface area contributed by atoms with Crippen LogP contribution in [0.4, 0.5) is 0 Å². The molecular formula is C16H31ClN4O2. The summed E-state index contributed by atoms with van der Waals surface area (Å²) in [6.07, 6.45) is 5.33. The molecule has 23 heavy (non-hydrogen) atoms. The largest absolute Gasteiger partial charge is 0.355 e. The normalized spacial score (nSPS) is 23.7. The molecule has 2 fully saturated rings. The zero-order chi connectivity index (χ0) is 15.9. The minimum Gasteiger partial charge on any atom is -0.355 e. The summed E-state index contributed by atoms with van der Waals surface area (Å²) in [6.45, 7) is 6.33. The maximum absolute atomic E-state index is 12.6. The number of carbonyl (C=O) groups excluding carboxylic acids is 2. The number of amides is 2. The third-order valence-corrected chi connectivity index (χ3v) is 4.84. The Labute approximate surface area is 145 Å². The van der Waals surface area contributed by atoms with Crippen LogP contribution in [0.15, 0.2) is 0 Å². The van der Waals surface area contributed by atoms with Crippen molar-refractivity contribution in [1.82, 2.24) is 15.1 Å². The van der Waals surface area contributed by atoms with E-state index in [-0.39, 0.29) is 36.2 Å². The Hall–Kier alpha value is -0.850. The Morgan fingerprint density at radius 1 is 1.17 bits per heavy atom. The first-order valence-corrected chi connectivity index (χ1v) is 8.64. The molecule has 0 aromatic heterocycles. The molecule has 0 saturated carbocycles. The van der Waals surface area contributed by atoms with Crippen LogP contribution in [0.5, 0.6) is 0 Å². The molecule has 2 heterocycles. The van der Waals surface area contributed by atoms with Crippen LogP contribution < -0.4 is 11.1 Å². The van der Waals surface area contributed by atoms with Gasteiger partial charge in [0, 0.05) is 32.7 Å². The lowest BCUT2D eigenvalue weighted by Gasteiger charge is -2.38. The number of rotatable bonds is 5. The number of nitrogens with zero attached hydrogens (tertiary/aromatic N) is 2. The van der Waals surface area contributed by atoms with Crippen LogP contribution in [0.25, 0.3) is 0 Å². The Morgan fingerprint density at radius 3 is 2.52 bits per heavy atom. The van der Waals surface area contributed by atoms with Crippen molar-refractivity contribution in [3.63, 3.8) is 0 Å². The predicted octanol–water partition coefficient (Wildman–Crippen LogP) is 0.596. The van der Waals surface area contributed by atoms with Gasteiger partial charge >= 0.3 is 0 Å². The molecule has 0 radical (unpaired) electrons. The third kappa shape index (κ3) is 5.62. The Morgan fingerprint density at radius 2 is 1.87 bits per heavy atom. The molecule has 2 unspecified atom stereocenters. The molecule has 7 heteroatoms. The Kier molecular flexibility index (Phi) is 8.87. The lowest BCUT2D eigenvalue weighted by atomic mass is 9.95. The quantitative estimate of drug-likeness (QED) is 0.764. The average molecular weight is 347 g/mol. The van der Waals surface area contributed by atoms with Crippen LogP contribution in [0.2, 0.25) is 0 Å². The average Bonchev–Trinajstić information content (AvgIpc) is 2.59. The number of carbonyl (C=O) groups is 2. The summed E-state index contributed by atoms with van der Waals surface area (Å²) >= 11 is 0. The first-order chi connectivity index (χ1) is 10.6. The van der Waals surface area contributed by atoms with E-state index in [0.717, 1.165) is 45.3 Å². The van der Waals surface area contributed by atoms with Crippen LogP contribution in [0.3, 0.4) is 0 Å². The first kappa shape index (κ1) is 20.2. The molecule has 0 aliphatic carbocycles. The van der Waals surface area contributed by atoms with Gasteiger partial charge in [0.15, 0.2) is 0 Å². The summed E-state index contributed by atoms with van der Waals surface area (Å²) in [6, 6.07) is -0.122. The topological polar surface area (TPSA) is 78.7 Å². The lowest BCUT2D eigenvalue weighted by Crippen LogP contribution is -2.53. The number of hydrogen-bond donors (Lipinski definition) is 2. The van der Waals surface area contributed by atoms with Crippen LogP contribution in [0, 0.1) is 5.92 Å². The zero-order valence-electron chi connectivity index (χ0n) is 14.1. The zero-order valence-corrected chi connectivity index (χ0v) is 14.9. The number of likely N-dealkylation sites (tertiary alicyclic amines) is 2. The highest BCUT2D eigenvalue weighted by Gasteiger charge is 2.32. The maximum atomic E-state index is 12.6. The van der Waals surface area contributed by atoms with E-state index in [2.05, 4.69) is 10.2 Å². The van der Waals surface area contributed by atoms with Gasteiger partial charge in [-0.2, -0.15) is 0 Å². The van der Waals surface area contributed by atoms with E-state index in [9.17, 15) is 9.59 Å². The molecule has 0 aromatic rings. The molecule has 2 amide bonds. The fraction of sp³-hybridized carbons (Fsp3) is 0.875. The Balaban J connectivity index is 0.00000264. The Bertz CT molecular complexity index is 388. The van der Waals surface area contributed by atoms with Gasteiger partial charge in [0.2, 0.25) is 11.8 Å². The van der Waals surface area contributed by atoms with Gasteiger partial charge in [-0.1, -0.05) is 0 Å². The van der Waals surface area contributed by atoms with E-state index in [0.29, 0.717) is 19.6 Å². The number of halogens is 1. The second kappa shape index (κ2) is 10.1. The summed E-state index contributed by atoms with van der Waals surface area (Å²) < 4.78 is 0. The highest BCUT2D eigenvalue weighted by Crippen LogP contribution is 2.20. The molecule has 3 N–H and O–H groups in total. The minimum atomic E-state index is -0.122. The number of nitrogens with one attached hydrogen (secondary N) is 1. The van der Waals surface area contributed by atoms with Crippen molar-refractivity contribution < 1.29 is 9.59 Å². The molecule has 0 bridgehead atoms. The summed E-state index contributed by atoms with van der Waals surface area (Å²) in [4.78, 5) is 28.9. The van der Waals surface area contributed by atoms with Crippen LogP contribution in [-0.2, 0) is 9.59 Å². The van der Waals surface area contributed by atoms with Crippen LogP contribution >= 0.6 is 12.4 Å². The van der Waals surface area contributed by atoms with E-state index in [4.69, 9.17) is 5.73 Å². The second-order valence-electron chi connectivity index (χ2n) is 6.48. The van der Waals surface area contributed by atoms with E-state index in [1.165, 1.54) is 6.42 Å². The van der Waals surface area contributed by atoms with Gasteiger partial charge < -0.3 is 16.0 Å². The fourth-order valence-corrected chi connectivity index (χ4v) is 3.45. The molecule has 0 aromatic carbocycles. The molecule has 2 saturated heterocycles. The van der Waals surface area contributed by atoms with Crippen LogP contribution in [0.1, 0.15) is 39.0 Å². The summed E-state index contributed by atoms with van der Waals surface area (Å²) in [5, 5.41) is 2.87. The van der Waals surface area contributed by atoms with E-state index < -0.39 is 0 Å². The molecule has 2 aliphatic rings. The predicted molar refractivity (Wildman–Crippen MR) is 93.5 cm³/mol. The first-order valence-electron chi connectivity index (χ1n) is 8.64. The molecule has 0 spiro atoms. The summed E-state index contributed by atoms with van der Waals surface area (Å²) in [5.41, 5.74) is 5.43. The van der Waals surface area contributed by atoms with E-state index >= 15 is 0 Å².